The van der Waals surface area contributed by atoms with Crippen molar-refractivity contribution >= 4 is 5.91 Å². The molecule has 1 unspecified atom stereocenters. The number of ether oxygens (including phenoxy) is 2. The minimum atomic E-state index is -0.648. The highest BCUT2D eigenvalue weighted by Gasteiger charge is 2.21. The van der Waals surface area contributed by atoms with Crippen molar-refractivity contribution in [2.75, 3.05) is 6.79 Å². The fraction of sp³-hybridized carbons (Fsp3) is 0.190. The Morgan fingerprint density at radius 2 is 1.93 bits per heavy atom. The Balaban J connectivity index is 1.62. The number of nitrogens with zero attached hydrogens (tertiary/aromatic N) is 2. The van der Waals surface area contributed by atoms with Crippen LogP contribution in [0.25, 0.3) is 5.69 Å². The highest BCUT2D eigenvalue weighted by Crippen LogP contribution is 2.34. The summed E-state index contributed by atoms with van der Waals surface area (Å²) in [6.07, 6.45) is 0. The molecule has 2 aromatic carbocycles. The average Bonchev–Trinajstić information content (AvgIpc) is 3.16. The number of para-hydroxylation sites is 1. The topological polar surface area (TPSA) is 82.5 Å². The van der Waals surface area contributed by atoms with E-state index in [1.54, 1.807) is 44.2 Å². The Hall–Kier alpha value is -3.68. The van der Waals surface area contributed by atoms with Crippen molar-refractivity contribution in [2.24, 2.45) is 0 Å². The van der Waals surface area contributed by atoms with E-state index in [1.807, 2.05) is 0 Å². The largest absolute Gasteiger partial charge is 0.454 e. The van der Waals surface area contributed by atoms with E-state index in [2.05, 4.69) is 10.4 Å². The number of rotatable bonds is 4. The summed E-state index contributed by atoms with van der Waals surface area (Å²) in [6.45, 7) is 3.55. The molecular weight excluding hydrogens is 377 g/mol. The third-order valence-corrected chi connectivity index (χ3v) is 4.65. The van der Waals surface area contributed by atoms with Gasteiger partial charge in [-0.05, 0) is 43.7 Å². The van der Waals surface area contributed by atoms with Gasteiger partial charge in [0, 0.05) is 11.8 Å². The second kappa shape index (κ2) is 7.38. The fourth-order valence-electron chi connectivity index (χ4n) is 3.10. The third kappa shape index (κ3) is 3.56. The van der Waals surface area contributed by atoms with Crippen molar-refractivity contribution in [1.82, 2.24) is 15.1 Å². The lowest BCUT2D eigenvalue weighted by Gasteiger charge is -2.16. The molecule has 7 nitrogen and oxygen atoms in total. The number of hydrogen-bond acceptors (Lipinski definition) is 5. The molecular formula is C21H18FN3O4. The second-order valence-electron chi connectivity index (χ2n) is 6.67. The number of aromatic nitrogens is 2. The lowest BCUT2D eigenvalue weighted by molar-refractivity contribution is 0.0931. The van der Waals surface area contributed by atoms with Crippen LogP contribution in [0.2, 0.25) is 0 Å². The van der Waals surface area contributed by atoms with Crippen LogP contribution < -0.4 is 20.2 Å². The van der Waals surface area contributed by atoms with Crippen molar-refractivity contribution < 1.29 is 18.7 Å². The summed E-state index contributed by atoms with van der Waals surface area (Å²) in [5, 5.41) is 6.87. The predicted molar refractivity (Wildman–Crippen MR) is 103 cm³/mol. The monoisotopic (exact) mass is 395 g/mol. The van der Waals surface area contributed by atoms with Crippen molar-refractivity contribution in [3.63, 3.8) is 0 Å². The molecule has 0 spiro atoms. The van der Waals surface area contributed by atoms with Gasteiger partial charge in [0.2, 0.25) is 12.2 Å². The molecule has 0 saturated carbocycles. The van der Waals surface area contributed by atoms with Crippen molar-refractivity contribution in [1.29, 1.82) is 0 Å². The van der Waals surface area contributed by atoms with Gasteiger partial charge in [0.1, 0.15) is 11.5 Å². The van der Waals surface area contributed by atoms with Gasteiger partial charge in [-0.25, -0.2) is 9.07 Å². The van der Waals surface area contributed by atoms with Gasteiger partial charge < -0.3 is 14.8 Å². The molecule has 0 saturated heterocycles. The van der Waals surface area contributed by atoms with E-state index < -0.39 is 23.2 Å². The molecule has 4 rings (SSSR count). The first-order valence-corrected chi connectivity index (χ1v) is 9.00. The van der Waals surface area contributed by atoms with Crippen LogP contribution in [0.5, 0.6) is 11.5 Å². The first-order valence-electron chi connectivity index (χ1n) is 9.00. The maximum Gasteiger partial charge on any atom is 0.276 e. The number of carbonyl (C=O) groups is 1. The molecule has 0 fully saturated rings. The van der Waals surface area contributed by atoms with E-state index in [0.29, 0.717) is 17.2 Å². The summed E-state index contributed by atoms with van der Waals surface area (Å²) in [7, 11) is 0. The van der Waals surface area contributed by atoms with Gasteiger partial charge in [-0.15, -0.1) is 0 Å². The predicted octanol–water partition coefficient (Wildman–Crippen LogP) is 2.90. The Kier molecular flexibility index (Phi) is 4.75. The minimum absolute atomic E-state index is 0.155. The smallest absolute Gasteiger partial charge is 0.276 e. The van der Waals surface area contributed by atoms with Gasteiger partial charge in [0.25, 0.3) is 5.91 Å². The van der Waals surface area contributed by atoms with Crippen molar-refractivity contribution in [3.05, 3.63) is 81.5 Å². The maximum absolute atomic E-state index is 14.2. The zero-order valence-electron chi connectivity index (χ0n) is 15.8. The zero-order valence-corrected chi connectivity index (χ0v) is 15.8. The van der Waals surface area contributed by atoms with Gasteiger partial charge in [-0.3, -0.25) is 9.59 Å². The molecule has 1 N–H and O–H groups in total. The number of aryl methyl sites for hydroxylation is 1. The summed E-state index contributed by atoms with van der Waals surface area (Å²) in [6, 6.07) is 12.2. The molecule has 0 bridgehead atoms. The Morgan fingerprint density at radius 1 is 1.17 bits per heavy atom. The van der Waals surface area contributed by atoms with Gasteiger partial charge in [-0.1, -0.05) is 18.2 Å². The van der Waals surface area contributed by atoms with Gasteiger partial charge in [0.15, 0.2) is 17.2 Å². The SMILES string of the molecule is Cc1cc(=O)c(C(=O)NC(C)c2ccc3c(c2)OCO3)nn1-c1ccccc1F. The molecule has 148 valence electrons. The number of benzene rings is 2. The van der Waals surface area contributed by atoms with Gasteiger partial charge in [0.05, 0.1) is 6.04 Å². The molecule has 1 aliphatic rings. The average molecular weight is 395 g/mol. The lowest BCUT2D eigenvalue weighted by atomic mass is 10.1. The van der Waals surface area contributed by atoms with E-state index >= 15 is 0 Å². The van der Waals surface area contributed by atoms with E-state index in [-0.39, 0.29) is 18.2 Å². The number of amides is 1. The zero-order chi connectivity index (χ0) is 20.5. The van der Waals surface area contributed by atoms with E-state index in [1.165, 1.54) is 22.9 Å². The highest BCUT2D eigenvalue weighted by atomic mass is 19.1. The van der Waals surface area contributed by atoms with Crippen molar-refractivity contribution in [2.45, 2.75) is 19.9 Å². The molecule has 0 aliphatic carbocycles. The van der Waals surface area contributed by atoms with Crippen LogP contribution in [-0.4, -0.2) is 22.5 Å². The first-order chi connectivity index (χ1) is 13.9. The van der Waals surface area contributed by atoms with Crippen LogP contribution in [0.3, 0.4) is 0 Å². The molecule has 8 heteroatoms. The molecule has 1 aromatic heterocycles. The second-order valence-corrected chi connectivity index (χ2v) is 6.67. The van der Waals surface area contributed by atoms with Crippen LogP contribution >= 0.6 is 0 Å². The summed E-state index contributed by atoms with van der Waals surface area (Å²) < 4.78 is 26.0. The third-order valence-electron chi connectivity index (χ3n) is 4.65. The fourth-order valence-corrected chi connectivity index (χ4v) is 3.10. The first kappa shape index (κ1) is 18.7. The van der Waals surface area contributed by atoms with E-state index in [0.717, 1.165) is 5.56 Å². The van der Waals surface area contributed by atoms with Crippen LogP contribution in [0, 0.1) is 12.7 Å². The maximum atomic E-state index is 14.2. The highest BCUT2D eigenvalue weighted by molar-refractivity contribution is 5.92. The number of carbonyl (C=O) groups excluding carboxylic acids is 1. The Labute approximate surface area is 165 Å². The van der Waals surface area contributed by atoms with Gasteiger partial charge >= 0.3 is 0 Å². The number of fused-ring (bicyclic) bond motifs is 1. The normalized spacial score (nSPS) is 13.2. The Morgan fingerprint density at radius 3 is 2.72 bits per heavy atom. The molecule has 1 aliphatic heterocycles. The molecule has 2 heterocycles. The van der Waals surface area contributed by atoms with Crippen LogP contribution in [0.1, 0.15) is 34.7 Å². The standard InChI is InChI=1S/C21H18FN3O4/c1-12-9-17(26)20(24-25(12)16-6-4-3-5-15(16)22)21(27)23-13(2)14-7-8-18-19(10-14)29-11-28-18/h3-10,13H,11H2,1-2H3,(H,23,27). The molecule has 1 amide bonds. The summed E-state index contributed by atoms with van der Waals surface area (Å²) in [5.74, 6) is 0.0799. The van der Waals surface area contributed by atoms with E-state index in [9.17, 15) is 14.0 Å². The van der Waals surface area contributed by atoms with E-state index in [4.69, 9.17) is 9.47 Å². The van der Waals surface area contributed by atoms with Crippen molar-refractivity contribution in [3.8, 4) is 17.2 Å². The Bertz CT molecular complexity index is 1160. The summed E-state index contributed by atoms with van der Waals surface area (Å²) in [4.78, 5) is 25.1. The number of halogens is 1. The minimum Gasteiger partial charge on any atom is -0.454 e. The number of nitrogens with one attached hydrogen (secondary N) is 1. The van der Waals surface area contributed by atoms with Crippen LogP contribution in [0.15, 0.2) is 53.3 Å². The number of hydrogen-bond donors (Lipinski definition) is 1. The molecule has 1 atom stereocenters. The van der Waals surface area contributed by atoms with Crippen LogP contribution in [0.4, 0.5) is 4.39 Å². The van der Waals surface area contributed by atoms with Crippen LogP contribution in [-0.2, 0) is 0 Å². The lowest BCUT2D eigenvalue weighted by Crippen LogP contribution is -2.33. The molecule has 29 heavy (non-hydrogen) atoms. The molecule has 3 aromatic rings. The summed E-state index contributed by atoms with van der Waals surface area (Å²) >= 11 is 0. The summed E-state index contributed by atoms with van der Waals surface area (Å²) in [5.41, 5.74) is 0.504. The van der Waals surface area contributed by atoms with Gasteiger partial charge in [-0.2, -0.15) is 5.10 Å². The quantitative estimate of drug-likeness (QED) is 0.735. The molecule has 0 radical (unpaired) electrons.